The summed E-state index contributed by atoms with van der Waals surface area (Å²) in [7, 11) is 0. The zero-order chi connectivity index (χ0) is 30.2. The summed E-state index contributed by atoms with van der Waals surface area (Å²) >= 11 is 3.80. The van der Waals surface area contributed by atoms with E-state index in [1.807, 2.05) is 22.7 Å². The Morgan fingerprint density at radius 1 is 0.326 bits per heavy atom. The molecule has 0 amide bonds. The lowest BCUT2D eigenvalue weighted by atomic mass is 9.84. The molecule has 0 atom stereocenters. The molecule has 0 unspecified atom stereocenters. The summed E-state index contributed by atoms with van der Waals surface area (Å²) in [6, 6.07) is 58.3. The highest BCUT2D eigenvalue weighted by Gasteiger charge is 2.21. The average Bonchev–Trinajstić information content (AvgIpc) is 3.70. The van der Waals surface area contributed by atoms with Crippen LogP contribution < -0.4 is 0 Å². The highest BCUT2D eigenvalue weighted by molar-refractivity contribution is 7.27. The van der Waals surface area contributed by atoms with Gasteiger partial charge in [-0.15, -0.1) is 22.7 Å². The second-order valence-electron chi connectivity index (χ2n) is 12.0. The number of rotatable bonds is 3. The van der Waals surface area contributed by atoms with Crippen LogP contribution in [0.1, 0.15) is 0 Å². The van der Waals surface area contributed by atoms with Crippen LogP contribution in [0.25, 0.3) is 95.3 Å². The van der Waals surface area contributed by atoms with E-state index in [9.17, 15) is 0 Å². The first-order chi connectivity index (χ1) is 22.8. The summed E-state index contributed by atoms with van der Waals surface area (Å²) in [4.78, 5) is 1.32. The Morgan fingerprint density at radius 3 is 1.65 bits per heavy atom. The highest BCUT2D eigenvalue weighted by Crippen LogP contribution is 2.49. The molecule has 46 heavy (non-hydrogen) atoms. The molecule has 10 rings (SSSR count). The molecule has 2 heterocycles. The Kier molecular flexibility index (Phi) is 5.72. The third kappa shape index (κ3) is 3.84. The van der Waals surface area contributed by atoms with E-state index in [4.69, 9.17) is 0 Å². The minimum absolute atomic E-state index is 1.27. The molecule has 0 aliphatic carbocycles. The van der Waals surface area contributed by atoms with Crippen molar-refractivity contribution in [3.8, 4) is 32.7 Å². The summed E-state index contributed by atoms with van der Waals surface area (Å²) in [6.07, 6.45) is 0. The maximum absolute atomic E-state index is 2.44. The second kappa shape index (κ2) is 10.1. The van der Waals surface area contributed by atoms with E-state index >= 15 is 0 Å². The number of fused-ring (bicyclic) bond motifs is 7. The molecule has 214 valence electrons. The van der Waals surface area contributed by atoms with Crippen molar-refractivity contribution in [2.45, 2.75) is 0 Å². The lowest BCUT2D eigenvalue weighted by Crippen LogP contribution is -1.92. The van der Waals surface area contributed by atoms with E-state index in [1.165, 1.54) is 95.3 Å². The number of benzene rings is 8. The van der Waals surface area contributed by atoms with Crippen LogP contribution in [0.4, 0.5) is 0 Å². The van der Waals surface area contributed by atoms with Crippen molar-refractivity contribution < 1.29 is 0 Å². The van der Waals surface area contributed by atoms with Crippen molar-refractivity contribution in [3.05, 3.63) is 158 Å². The Morgan fingerprint density at radius 2 is 0.913 bits per heavy atom. The van der Waals surface area contributed by atoms with E-state index in [0.29, 0.717) is 0 Å². The van der Waals surface area contributed by atoms with Crippen molar-refractivity contribution >= 4 is 85.2 Å². The molecule has 2 aromatic heterocycles. The zero-order valence-electron chi connectivity index (χ0n) is 24.8. The number of hydrogen-bond donors (Lipinski definition) is 0. The minimum atomic E-state index is 1.27. The first-order valence-electron chi connectivity index (χ1n) is 15.7. The molecule has 0 aliphatic heterocycles. The van der Waals surface area contributed by atoms with Crippen molar-refractivity contribution in [1.29, 1.82) is 0 Å². The van der Waals surface area contributed by atoms with Gasteiger partial charge < -0.3 is 0 Å². The molecule has 0 saturated carbocycles. The van der Waals surface area contributed by atoms with Crippen molar-refractivity contribution in [2.75, 3.05) is 0 Å². The van der Waals surface area contributed by atoms with Crippen LogP contribution in [0.2, 0.25) is 0 Å². The molecule has 0 N–H and O–H groups in total. The van der Waals surface area contributed by atoms with E-state index in [1.54, 1.807) is 0 Å². The van der Waals surface area contributed by atoms with E-state index in [0.717, 1.165) is 0 Å². The molecule has 8 aromatic carbocycles. The second-order valence-corrected chi connectivity index (χ2v) is 14.2. The van der Waals surface area contributed by atoms with Gasteiger partial charge in [0.25, 0.3) is 0 Å². The van der Waals surface area contributed by atoms with Crippen molar-refractivity contribution in [2.24, 2.45) is 0 Å². The quantitative estimate of drug-likeness (QED) is 0.173. The Balaban J connectivity index is 1.30. The van der Waals surface area contributed by atoms with Gasteiger partial charge in [0.15, 0.2) is 0 Å². The molecular formula is C44H26S2. The Bertz CT molecular complexity index is 2740. The maximum atomic E-state index is 2.44. The summed E-state index contributed by atoms with van der Waals surface area (Å²) in [6.45, 7) is 0. The third-order valence-corrected chi connectivity index (χ3v) is 11.7. The predicted molar refractivity (Wildman–Crippen MR) is 204 cm³/mol. The molecule has 0 saturated heterocycles. The summed E-state index contributed by atoms with van der Waals surface area (Å²) < 4.78 is 4.02. The van der Waals surface area contributed by atoms with Crippen molar-refractivity contribution in [3.63, 3.8) is 0 Å². The van der Waals surface area contributed by atoms with Crippen LogP contribution in [0, 0.1) is 0 Å². The van der Waals surface area contributed by atoms with Crippen LogP contribution in [-0.4, -0.2) is 0 Å². The van der Waals surface area contributed by atoms with E-state index in [-0.39, 0.29) is 0 Å². The lowest BCUT2D eigenvalue weighted by molar-refractivity contribution is 1.69. The average molecular weight is 619 g/mol. The van der Waals surface area contributed by atoms with Gasteiger partial charge in [0.05, 0.1) is 0 Å². The summed E-state index contributed by atoms with van der Waals surface area (Å²) in [5.41, 5.74) is 6.49. The predicted octanol–water partition coefficient (Wildman–Crippen LogP) is 13.7. The van der Waals surface area contributed by atoms with Gasteiger partial charge in [-0.2, -0.15) is 0 Å². The Hall–Kier alpha value is -5.28. The number of hydrogen-bond acceptors (Lipinski definition) is 2. The van der Waals surface area contributed by atoms with Gasteiger partial charge in [-0.05, 0) is 89.8 Å². The molecule has 0 aliphatic rings. The molecular weight excluding hydrogens is 593 g/mol. The van der Waals surface area contributed by atoms with Crippen LogP contribution in [-0.2, 0) is 0 Å². The lowest BCUT2D eigenvalue weighted by Gasteiger charge is -2.19. The van der Waals surface area contributed by atoms with Crippen LogP contribution in [0.3, 0.4) is 0 Å². The SMILES string of the molecule is c1ccc(-c2cc3cc4c(cc3s2)sc2cccc(-c3c5ccccc5c(-c5cccc6ccccc56)c5ccccc35)c24)cc1. The molecule has 2 heteroatoms. The minimum Gasteiger partial charge on any atom is -0.135 e. The fourth-order valence-corrected chi connectivity index (χ4v) is 9.78. The fourth-order valence-electron chi connectivity index (χ4n) is 7.47. The summed E-state index contributed by atoms with van der Waals surface area (Å²) in [5.74, 6) is 0. The van der Waals surface area contributed by atoms with Gasteiger partial charge >= 0.3 is 0 Å². The Labute approximate surface area is 274 Å². The molecule has 0 fully saturated rings. The largest absolute Gasteiger partial charge is 0.135 e. The molecule has 0 nitrogen and oxygen atoms in total. The maximum Gasteiger partial charge on any atom is 0.0370 e. The van der Waals surface area contributed by atoms with Crippen LogP contribution in [0.5, 0.6) is 0 Å². The van der Waals surface area contributed by atoms with Crippen LogP contribution >= 0.6 is 22.7 Å². The smallest absolute Gasteiger partial charge is 0.0370 e. The van der Waals surface area contributed by atoms with Gasteiger partial charge in [0.2, 0.25) is 0 Å². The molecule has 0 radical (unpaired) electrons. The van der Waals surface area contributed by atoms with Gasteiger partial charge in [0, 0.05) is 29.7 Å². The third-order valence-electron chi connectivity index (χ3n) is 9.45. The van der Waals surface area contributed by atoms with E-state index < -0.39 is 0 Å². The van der Waals surface area contributed by atoms with E-state index in [2.05, 4.69) is 158 Å². The summed E-state index contributed by atoms with van der Waals surface area (Å²) in [5, 5.41) is 11.7. The highest BCUT2D eigenvalue weighted by atomic mass is 32.1. The van der Waals surface area contributed by atoms with Gasteiger partial charge in [-0.1, -0.05) is 133 Å². The van der Waals surface area contributed by atoms with Crippen LogP contribution in [0.15, 0.2) is 158 Å². The first-order valence-corrected chi connectivity index (χ1v) is 17.3. The fraction of sp³-hybridized carbons (Fsp3) is 0. The first kappa shape index (κ1) is 26.0. The molecule has 0 bridgehead atoms. The molecule has 10 aromatic rings. The zero-order valence-corrected chi connectivity index (χ0v) is 26.5. The van der Waals surface area contributed by atoms with Gasteiger partial charge in [0.1, 0.15) is 0 Å². The standard InChI is InChI=1S/C44H26S2/c1-2-13-28(14-3-1)39-25-29-24-37-41(26-40(29)46-39)45-38-23-11-22-36(44(37)38)43-34-19-8-6-17-32(34)42(33-18-7-9-20-35(33)43)31-21-10-15-27-12-4-5-16-30(27)31/h1-26H. The molecule has 0 spiro atoms. The normalized spacial score (nSPS) is 11.9. The topological polar surface area (TPSA) is 0 Å². The van der Waals surface area contributed by atoms with Gasteiger partial charge in [-0.3, -0.25) is 0 Å². The van der Waals surface area contributed by atoms with Gasteiger partial charge in [-0.25, -0.2) is 0 Å². The monoisotopic (exact) mass is 618 g/mol. The van der Waals surface area contributed by atoms with Crippen molar-refractivity contribution in [1.82, 2.24) is 0 Å². The number of thiophene rings is 2.